The van der Waals surface area contributed by atoms with Gasteiger partial charge in [0.05, 0.1) is 0 Å². The highest BCUT2D eigenvalue weighted by Crippen LogP contribution is 2.30. The topological polar surface area (TPSA) is 29.9 Å². The van der Waals surface area contributed by atoms with E-state index >= 15 is 0 Å². The molecule has 0 saturated carbocycles. The molecule has 0 aliphatic rings. The molecule has 3 heteroatoms. The molecular weight excluding hydrogens is 330 g/mol. The van der Waals surface area contributed by atoms with Crippen LogP contribution in [0.4, 0.5) is 0 Å². The Morgan fingerprint density at radius 1 is 1.26 bits per heavy atom. The number of allylic oxidation sites excluding steroid dienone is 4. The van der Waals surface area contributed by atoms with Crippen molar-refractivity contribution in [2.75, 3.05) is 7.05 Å². The monoisotopic (exact) mass is 373 g/mol. The quantitative estimate of drug-likeness (QED) is 0.399. The Hall–Kier alpha value is -1.51. The average molecular weight is 374 g/mol. The Morgan fingerprint density at radius 2 is 2.00 bits per heavy atom. The Labute approximate surface area is 168 Å². The predicted molar refractivity (Wildman–Crippen MR) is 119 cm³/mol. The Kier molecular flexibility index (Phi) is 10.5. The van der Waals surface area contributed by atoms with Crippen LogP contribution in [0.3, 0.4) is 0 Å². The second-order valence-electron chi connectivity index (χ2n) is 8.70. The minimum absolute atomic E-state index is 0.229. The molecular formula is C24H43N3. The number of aromatic nitrogens is 2. The Bertz CT molecular complexity index is 593. The van der Waals surface area contributed by atoms with Crippen LogP contribution in [0.25, 0.3) is 0 Å². The highest BCUT2D eigenvalue weighted by atomic mass is 15.1. The standard InChI is InChI=1S/C24H43N3/c1-8-10-13-22(25-7)17-21(4)19-24(5,6)18-20(3)12-11-15-27-16-14-26-23(27)9-2/h14,16-18,21,25H,8-13,15,19H2,1-7H3/b20-18+,22-17-. The summed E-state index contributed by atoms with van der Waals surface area (Å²) in [5.74, 6) is 1.78. The number of nitrogens with one attached hydrogen (secondary N) is 1. The lowest BCUT2D eigenvalue weighted by atomic mass is 9.81. The van der Waals surface area contributed by atoms with Gasteiger partial charge in [0.1, 0.15) is 5.82 Å². The maximum atomic E-state index is 4.41. The summed E-state index contributed by atoms with van der Waals surface area (Å²) in [5.41, 5.74) is 3.13. The number of imidazole rings is 1. The van der Waals surface area contributed by atoms with Crippen LogP contribution in [-0.2, 0) is 13.0 Å². The molecule has 1 rings (SSSR count). The number of nitrogens with zero attached hydrogens (tertiary/aromatic N) is 2. The molecule has 0 fully saturated rings. The molecule has 1 aromatic rings. The minimum atomic E-state index is 0.229. The molecule has 27 heavy (non-hydrogen) atoms. The van der Waals surface area contributed by atoms with Gasteiger partial charge in [0.25, 0.3) is 0 Å². The van der Waals surface area contributed by atoms with E-state index in [1.807, 2.05) is 13.2 Å². The van der Waals surface area contributed by atoms with Gasteiger partial charge in [-0.2, -0.15) is 0 Å². The summed E-state index contributed by atoms with van der Waals surface area (Å²) < 4.78 is 2.29. The van der Waals surface area contributed by atoms with Gasteiger partial charge in [0.15, 0.2) is 0 Å². The van der Waals surface area contributed by atoms with E-state index in [4.69, 9.17) is 0 Å². The van der Waals surface area contributed by atoms with E-state index in [2.05, 4.69) is 74.8 Å². The minimum Gasteiger partial charge on any atom is -0.392 e. The third-order valence-corrected chi connectivity index (χ3v) is 5.18. The van der Waals surface area contributed by atoms with Gasteiger partial charge in [-0.1, -0.05) is 58.8 Å². The van der Waals surface area contributed by atoms with E-state index in [1.165, 1.54) is 49.2 Å². The van der Waals surface area contributed by atoms with E-state index < -0.39 is 0 Å². The van der Waals surface area contributed by atoms with Gasteiger partial charge < -0.3 is 9.88 Å². The first-order chi connectivity index (χ1) is 12.8. The van der Waals surface area contributed by atoms with E-state index in [0.29, 0.717) is 5.92 Å². The van der Waals surface area contributed by atoms with Gasteiger partial charge in [-0.15, -0.1) is 0 Å². The van der Waals surface area contributed by atoms with Gasteiger partial charge in [-0.05, 0) is 50.4 Å². The van der Waals surface area contributed by atoms with E-state index in [-0.39, 0.29) is 5.41 Å². The molecule has 0 aliphatic carbocycles. The molecule has 0 aliphatic heterocycles. The van der Waals surface area contributed by atoms with Crippen molar-refractivity contribution in [2.24, 2.45) is 11.3 Å². The number of hydrogen-bond donors (Lipinski definition) is 1. The number of unbranched alkanes of at least 4 members (excludes halogenated alkanes) is 1. The van der Waals surface area contributed by atoms with Crippen molar-refractivity contribution < 1.29 is 0 Å². The zero-order valence-corrected chi connectivity index (χ0v) is 18.9. The van der Waals surface area contributed by atoms with Crippen LogP contribution in [0, 0.1) is 11.3 Å². The van der Waals surface area contributed by atoms with Crippen molar-refractivity contribution in [3.63, 3.8) is 0 Å². The molecule has 3 nitrogen and oxygen atoms in total. The van der Waals surface area contributed by atoms with Crippen LogP contribution in [0.5, 0.6) is 0 Å². The average Bonchev–Trinajstić information content (AvgIpc) is 3.04. The molecule has 0 bridgehead atoms. The van der Waals surface area contributed by atoms with Gasteiger partial charge >= 0.3 is 0 Å². The van der Waals surface area contributed by atoms with Crippen LogP contribution in [-0.4, -0.2) is 16.6 Å². The molecule has 1 N–H and O–H groups in total. The Balaban J connectivity index is 2.53. The summed E-state index contributed by atoms with van der Waals surface area (Å²) in [7, 11) is 2.05. The van der Waals surface area contributed by atoms with Crippen LogP contribution in [0.1, 0.15) is 85.9 Å². The van der Waals surface area contributed by atoms with E-state index in [9.17, 15) is 0 Å². The fraction of sp³-hybridized carbons (Fsp3) is 0.708. The lowest BCUT2D eigenvalue weighted by Crippen LogP contribution is -2.15. The van der Waals surface area contributed by atoms with Crippen molar-refractivity contribution >= 4 is 0 Å². The van der Waals surface area contributed by atoms with Crippen molar-refractivity contribution in [1.82, 2.24) is 14.9 Å². The highest BCUT2D eigenvalue weighted by Gasteiger charge is 2.18. The second-order valence-corrected chi connectivity index (χ2v) is 8.70. The van der Waals surface area contributed by atoms with Crippen LogP contribution in [0.2, 0.25) is 0 Å². The lowest BCUT2D eigenvalue weighted by Gasteiger charge is -2.25. The van der Waals surface area contributed by atoms with Crippen LogP contribution < -0.4 is 5.32 Å². The summed E-state index contributed by atoms with van der Waals surface area (Å²) in [6.07, 6.45) is 17.2. The SMILES string of the molecule is CCCC/C(=C/C(C)CC(C)(C)/C=C(\C)CCCn1ccnc1CC)NC. The van der Waals surface area contributed by atoms with Gasteiger partial charge in [0, 0.05) is 38.1 Å². The van der Waals surface area contributed by atoms with Gasteiger partial charge in [-0.25, -0.2) is 4.98 Å². The number of aryl methyl sites for hydroxylation is 2. The van der Waals surface area contributed by atoms with Crippen molar-refractivity contribution in [3.05, 3.63) is 41.6 Å². The summed E-state index contributed by atoms with van der Waals surface area (Å²) >= 11 is 0. The molecule has 1 atom stereocenters. The summed E-state index contributed by atoms with van der Waals surface area (Å²) in [4.78, 5) is 4.41. The van der Waals surface area contributed by atoms with Crippen molar-refractivity contribution in [3.8, 4) is 0 Å². The smallest absolute Gasteiger partial charge is 0.108 e. The molecule has 0 aromatic carbocycles. The molecule has 0 amide bonds. The molecule has 0 saturated heterocycles. The maximum Gasteiger partial charge on any atom is 0.108 e. The maximum absolute atomic E-state index is 4.41. The number of rotatable bonds is 13. The largest absolute Gasteiger partial charge is 0.392 e. The summed E-state index contributed by atoms with van der Waals surface area (Å²) in [6, 6.07) is 0. The van der Waals surface area contributed by atoms with Crippen LogP contribution in [0.15, 0.2) is 35.8 Å². The first-order valence-corrected chi connectivity index (χ1v) is 10.9. The molecule has 0 radical (unpaired) electrons. The molecule has 0 spiro atoms. The third-order valence-electron chi connectivity index (χ3n) is 5.18. The lowest BCUT2D eigenvalue weighted by molar-refractivity contribution is 0.381. The zero-order valence-electron chi connectivity index (χ0n) is 18.9. The fourth-order valence-electron chi connectivity index (χ4n) is 4.08. The predicted octanol–water partition coefficient (Wildman–Crippen LogP) is 6.52. The normalized spacial score (nSPS) is 14.5. The first kappa shape index (κ1) is 23.5. The molecule has 1 unspecified atom stereocenters. The summed E-state index contributed by atoms with van der Waals surface area (Å²) in [6.45, 7) is 14.9. The Morgan fingerprint density at radius 3 is 2.63 bits per heavy atom. The zero-order chi connectivity index (χ0) is 20.3. The first-order valence-electron chi connectivity index (χ1n) is 10.9. The van der Waals surface area contributed by atoms with E-state index in [1.54, 1.807) is 0 Å². The van der Waals surface area contributed by atoms with Crippen LogP contribution >= 0.6 is 0 Å². The molecule has 1 heterocycles. The van der Waals surface area contributed by atoms with E-state index in [0.717, 1.165) is 19.4 Å². The van der Waals surface area contributed by atoms with Crippen molar-refractivity contribution in [1.29, 1.82) is 0 Å². The third kappa shape index (κ3) is 9.30. The number of hydrogen-bond acceptors (Lipinski definition) is 2. The molecule has 154 valence electrons. The highest BCUT2D eigenvalue weighted by molar-refractivity contribution is 5.08. The van der Waals surface area contributed by atoms with Crippen molar-refractivity contribution in [2.45, 2.75) is 93.0 Å². The fourth-order valence-corrected chi connectivity index (χ4v) is 4.08. The molecule has 1 aromatic heterocycles. The van der Waals surface area contributed by atoms with Gasteiger partial charge in [-0.3, -0.25) is 0 Å². The summed E-state index contributed by atoms with van der Waals surface area (Å²) in [5, 5.41) is 3.38. The second kappa shape index (κ2) is 12.0. The van der Waals surface area contributed by atoms with Gasteiger partial charge in [0.2, 0.25) is 0 Å².